The molecule has 2 aromatic rings. The lowest BCUT2D eigenvalue weighted by molar-refractivity contribution is 0.296. The van der Waals surface area contributed by atoms with Gasteiger partial charge in [-0.15, -0.1) is 0 Å². The minimum absolute atomic E-state index is 0.0762. The Morgan fingerprint density at radius 1 is 1.15 bits per heavy atom. The highest BCUT2D eigenvalue weighted by atomic mass is 35.5. The highest BCUT2D eigenvalue weighted by Gasteiger charge is 2.10. The van der Waals surface area contributed by atoms with Crippen LogP contribution in [-0.2, 0) is 13.2 Å². The molecule has 0 spiro atoms. The van der Waals surface area contributed by atoms with Crippen molar-refractivity contribution < 1.29 is 9.13 Å². The van der Waals surface area contributed by atoms with E-state index in [0.717, 1.165) is 5.56 Å². The quantitative estimate of drug-likeness (QED) is 0.881. The third kappa shape index (κ3) is 3.63. The minimum Gasteiger partial charge on any atom is -0.487 e. The van der Waals surface area contributed by atoms with E-state index in [-0.39, 0.29) is 12.4 Å². The smallest absolute Gasteiger partial charge is 0.142 e. The average Bonchev–Trinajstić information content (AvgIpc) is 2.42. The fourth-order valence-electron chi connectivity index (χ4n) is 1.85. The summed E-state index contributed by atoms with van der Waals surface area (Å²) < 4.78 is 19.3. The summed E-state index contributed by atoms with van der Waals surface area (Å²) in [6.07, 6.45) is 0. The van der Waals surface area contributed by atoms with Crippen LogP contribution in [0.3, 0.4) is 0 Å². The van der Waals surface area contributed by atoms with Gasteiger partial charge in [0.2, 0.25) is 0 Å². The van der Waals surface area contributed by atoms with Gasteiger partial charge in [0.05, 0.1) is 5.02 Å². The fourth-order valence-corrected chi connectivity index (χ4v) is 2.29. The number of hydrogen-bond acceptors (Lipinski definition) is 2. The largest absolute Gasteiger partial charge is 0.487 e. The van der Waals surface area contributed by atoms with Crippen molar-refractivity contribution in [2.45, 2.75) is 13.2 Å². The molecule has 0 aliphatic heterocycles. The van der Waals surface area contributed by atoms with Crippen molar-refractivity contribution in [1.82, 2.24) is 5.32 Å². The molecule has 0 bridgehead atoms. The van der Waals surface area contributed by atoms with Crippen LogP contribution < -0.4 is 10.1 Å². The molecule has 0 radical (unpaired) electrons. The van der Waals surface area contributed by atoms with Gasteiger partial charge in [0, 0.05) is 22.7 Å². The molecule has 5 heteroatoms. The maximum absolute atomic E-state index is 13.6. The van der Waals surface area contributed by atoms with Crippen LogP contribution in [0.15, 0.2) is 36.4 Å². The molecule has 0 aliphatic rings. The Hall–Kier alpha value is -1.29. The zero-order valence-corrected chi connectivity index (χ0v) is 12.4. The van der Waals surface area contributed by atoms with Crippen molar-refractivity contribution in [3.05, 3.63) is 63.4 Å². The Kier molecular flexibility index (Phi) is 5.24. The second-order valence-corrected chi connectivity index (χ2v) is 5.13. The van der Waals surface area contributed by atoms with E-state index >= 15 is 0 Å². The Labute approximate surface area is 127 Å². The van der Waals surface area contributed by atoms with Gasteiger partial charge in [-0.2, -0.15) is 0 Å². The summed E-state index contributed by atoms with van der Waals surface area (Å²) in [4.78, 5) is 0. The Morgan fingerprint density at radius 3 is 2.70 bits per heavy atom. The van der Waals surface area contributed by atoms with E-state index in [1.165, 1.54) is 12.1 Å². The molecule has 2 aromatic carbocycles. The van der Waals surface area contributed by atoms with Crippen molar-refractivity contribution in [3.8, 4) is 5.75 Å². The van der Waals surface area contributed by atoms with E-state index in [2.05, 4.69) is 5.32 Å². The topological polar surface area (TPSA) is 21.3 Å². The molecule has 0 fully saturated rings. The first kappa shape index (κ1) is 15.1. The van der Waals surface area contributed by atoms with E-state index in [1.54, 1.807) is 12.1 Å². The van der Waals surface area contributed by atoms with E-state index in [4.69, 9.17) is 27.9 Å². The standard InChI is InChI=1S/C15H14Cl2FNO/c1-19-8-10-3-2-4-13(17)15(10)20-9-11-7-12(16)5-6-14(11)18/h2-7,19H,8-9H2,1H3. The number of hydrogen-bond donors (Lipinski definition) is 1. The lowest BCUT2D eigenvalue weighted by Gasteiger charge is -2.13. The van der Waals surface area contributed by atoms with Gasteiger partial charge in [-0.1, -0.05) is 35.3 Å². The van der Waals surface area contributed by atoms with Gasteiger partial charge in [-0.05, 0) is 31.3 Å². The summed E-state index contributed by atoms with van der Waals surface area (Å²) in [6, 6.07) is 9.87. The van der Waals surface area contributed by atoms with Crippen LogP contribution >= 0.6 is 23.2 Å². The summed E-state index contributed by atoms with van der Waals surface area (Å²) in [5.41, 5.74) is 1.32. The maximum Gasteiger partial charge on any atom is 0.142 e. The predicted molar refractivity (Wildman–Crippen MR) is 80.0 cm³/mol. The number of rotatable bonds is 5. The van der Waals surface area contributed by atoms with Crippen LogP contribution in [0.4, 0.5) is 4.39 Å². The van der Waals surface area contributed by atoms with Crippen molar-refractivity contribution in [2.75, 3.05) is 7.05 Å². The van der Waals surface area contributed by atoms with E-state index < -0.39 is 0 Å². The van der Waals surface area contributed by atoms with E-state index in [9.17, 15) is 4.39 Å². The van der Waals surface area contributed by atoms with Gasteiger partial charge < -0.3 is 10.1 Å². The summed E-state index contributed by atoms with van der Waals surface area (Å²) in [5.74, 6) is 0.208. The van der Waals surface area contributed by atoms with Crippen LogP contribution in [-0.4, -0.2) is 7.05 Å². The number of halogens is 3. The summed E-state index contributed by atoms with van der Waals surface area (Å²) >= 11 is 12.0. The zero-order chi connectivity index (χ0) is 14.5. The van der Waals surface area contributed by atoms with Crippen molar-refractivity contribution in [1.29, 1.82) is 0 Å². The Morgan fingerprint density at radius 2 is 1.95 bits per heavy atom. The van der Waals surface area contributed by atoms with Gasteiger partial charge in [0.25, 0.3) is 0 Å². The van der Waals surface area contributed by atoms with E-state index in [0.29, 0.717) is 27.9 Å². The fraction of sp³-hybridized carbons (Fsp3) is 0.200. The third-order valence-electron chi connectivity index (χ3n) is 2.80. The van der Waals surface area contributed by atoms with Gasteiger partial charge >= 0.3 is 0 Å². The van der Waals surface area contributed by atoms with Crippen LogP contribution in [0, 0.1) is 5.82 Å². The minimum atomic E-state index is -0.350. The average molecular weight is 314 g/mol. The van der Waals surface area contributed by atoms with Crippen LogP contribution in [0.5, 0.6) is 5.75 Å². The first-order valence-corrected chi connectivity index (χ1v) is 6.86. The number of ether oxygens (including phenoxy) is 1. The molecule has 20 heavy (non-hydrogen) atoms. The van der Waals surface area contributed by atoms with E-state index in [1.807, 2.05) is 19.2 Å². The lowest BCUT2D eigenvalue weighted by atomic mass is 10.2. The SMILES string of the molecule is CNCc1cccc(Cl)c1OCc1cc(Cl)ccc1F. The lowest BCUT2D eigenvalue weighted by Crippen LogP contribution is -2.08. The zero-order valence-electron chi connectivity index (χ0n) is 10.9. The first-order valence-electron chi connectivity index (χ1n) is 6.10. The van der Waals surface area contributed by atoms with Crippen LogP contribution in [0.1, 0.15) is 11.1 Å². The molecule has 1 N–H and O–H groups in total. The molecule has 2 rings (SSSR count). The Balaban J connectivity index is 2.20. The second-order valence-electron chi connectivity index (χ2n) is 4.28. The van der Waals surface area contributed by atoms with Crippen molar-refractivity contribution in [2.24, 2.45) is 0 Å². The number of benzene rings is 2. The van der Waals surface area contributed by atoms with Gasteiger partial charge in [0.15, 0.2) is 0 Å². The maximum atomic E-state index is 13.6. The highest BCUT2D eigenvalue weighted by Crippen LogP contribution is 2.30. The second kappa shape index (κ2) is 6.93. The molecular formula is C15H14Cl2FNO. The Bertz CT molecular complexity index is 604. The van der Waals surface area contributed by atoms with Crippen molar-refractivity contribution >= 4 is 23.2 Å². The van der Waals surface area contributed by atoms with Crippen LogP contribution in [0.25, 0.3) is 0 Å². The molecule has 0 amide bonds. The molecule has 0 heterocycles. The summed E-state index contributed by atoms with van der Waals surface area (Å²) in [5, 5.41) is 4.01. The highest BCUT2D eigenvalue weighted by molar-refractivity contribution is 6.32. The molecule has 0 saturated heterocycles. The molecule has 0 unspecified atom stereocenters. The molecular weight excluding hydrogens is 300 g/mol. The molecule has 2 nitrogen and oxygen atoms in total. The van der Waals surface area contributed by atoms with Crippen molar-refractivity contribution in [3.63, 3.8) is 0 Å². The molecule has 0 atom stereocenters. The molecule has 0 aliphatic carbocycles. The first-order chi connectivity index (χ1) is 9.61. The normalized spacial score (nSPS) is 10.6. The molecule has 0 saturated carbocycles. The van der Waals surface area contributed by atoms with Gasteiger partial charge in [-0.25, -0.2) is 4.39 Å². The van der Waals surface area contributed by atoms with Gasteiger partial charge in [-0.3, -0.25) is 0 Å². The predicted octanol–water partition coefficient (Wildman–Crippen LogP) is 4.43. The summed E-state index contributed by atoms with van der Waals surface area (Å²) in [7, 11) is 1.83. The molecule has 0 aromatic heterocycles. The van der Waals surface area contributed by atoms with Crippen LogP contribution in [0.2, 0.25) is 10.0 Å². The van der Waals surface area contributed by atoms with Gasteiger partial charge in [0.1, 0.15) is 18.2 Å². The third-order valence-corrected chi connectivity index (χ3v) is 3.33. The molecule has 106 valence electrons. The monoisotopic (exact) mass is 313 g/mol. The summed E-state index contributed by atoms with van der Waals surface area (Å²) in [6.45, 7) is 0.695. The number of nitrogens with one attached hydrogen (secondary N) is 1. The number of para-hydroxylation sites is 1.